The van der Waals surface area contributed by atoms with Crippen LogP contribution in [0.4, 0.5) is 5.69 Å². The number of fused-ring (bicyclic) bond motifs is 1. The molecule has 7 nitrogen and oxygen atoms in total. The van der Waals surface area contributed by atoms with Gasteiger partial charge in [0.25, 0.3) is 11.8 Å². The number of benzene rings is 3. The van der Waals surface area contributed by atoms with Gasteiger partial charge in [-0.15, -0.1) is 0 Å². The Kier molecular flexibility index (Phi) is 6.36. The maximum absolute atomic E-state index is 12.5. The van der Waals surface area contributed by atoms with Gasteiger partial charge >= 0.3 is 0 Å². The molecule has 162 valence electrons. The highest BCUT2D eigenvalue weighted by molar-refractivity contribution is 5.96. The van der Waals surface area contributed by atoms with E-state index >= 15 is 0 Å². The van der Waals surface area contributed by atoms with E-state index < -0.39 is 0 Å². The number of methoxy groups -OCH3 is 1. The van der Waals surface area contributed by atoms with E-state index in [4.69, 9.17) is 9.47 Å². The summed E-state index contributed by atoms with van der Waals surface area (Å²) in [4.78, 5) is 27.9. The number of hydrogen-bond acceptors (Lipinski definition) is 4. The van der Waals surface area contributed by atoms with Crippen LogP contribution in [0.15, 0.2) is 79.0 Å². The number of H-pyrrole nitrogens is 1. The van der Waals surface area contributed by atoms with Crippen LogP contribution < -0.4 is 20.1 Å². The Balaban J connectivity index is 1.30. The number of ether oxygens (including phenoxy) is 2. The van der Waals surface area contributed by atoms with Gasteiger partial charge in [0.2, 0.25) is 0 Å². The average Bonchev–Trinajstić information content (AvgIpc) is 3.31. The third kappa shape index (κ3) is 4.89. The van der Waals surface area contributed by atoms with Gasteiger partial charge in [0.15, 0.2) is 18.1 Å². The fraction of sp³-hybridized carbons (Fsp3) is 0.120. The first kappa shape index (κ1) is 21.0. The largest absolute Gasteiger partial charge is 0.493 e. The molecule has 0 saturated heterocycles. The van der Waals surface area contributed by atoms with Crippen molar-refractivity contribution in [2.75, 3.05) is 19.0 Å². The molecule has 4 rings (SSSR count). The van der Waals surface area contributed by atoms with Crippen LogP contribution in [0.3, 0.4) is 0 Å². The van der Waals surface area contributed by atoms with Crippen LogP contribution in [0, 0.1) is 0 Å². The lowest BCUT2D eigenvalue weighted by Crippen LogP contribution is -2.23. The summed E-state index contributed by atoms with van der Waals surface area (Å²) in [6.07, 6.45) is 1.88. The fourth-order valence-corrected chi connectivity index (χ4v) is 3.37. The molecule has 2 amide bonds. The van der Waals surface area contributed by atoms with Crippen LogP contribution in [0.5, 0.6) is 11.5 Å². The van der Waals surface area contributed by atoms with Gasteiger partial charge in [-0.3, -0.25) is 9.59 Å². The number of hydrogen-bond donors (Lipinski definition) is 3. The minimum atomic E-state index is -0.312. The summed E-state index contributed by atoms with van der Waals surface area (Å²) in [6.45, 7) is 0.264. The predicted octanol–water partition coefficient (Wildman–Crippen LogP) is 4.12. The minimum Gasteiger partial charge on any atom is -0.493 e. The van der Waals surface area contributed by atoms with Crippen molar-refractivity contribution in [1.29, 1.82) is 0 Å². The molecule has 0 aliphatic carbocycles. The van der Waals surface area contributed by atoms with Gasteiger partial charge < -0.3 is 25.1 Å². The lowest BCUT2D eigenvalue weighted by Gasteiger charge is -2.11. The highest BCUT2D eigenvalue weighted by atomic mass is 16.5. The number of rotatable bonds is 8. The summed E-state index contributed by atoms with van der Waals surface area (Å²) in [6, 6.07) is 21.8. The molecule has 0 fully saturated rings. The Bertz CT molecular complexity index is 1230. The third-order valence-corrected chi connectivity index (χ3v) is 4.98. The highest BCUT2D eigenvalue weighted by Gasteiger charge is 2.10. The quantitative estimate of drug-likeness (QED) is 0.393. The standard InChI is InChI=1S/C25H23N3O4/c1-31-22-7-2-3-8-23(22)32-16-24(29)28-19-11-9-17(10-12-19)25(30)27-15-18-5-4-6-21-20(18)13-14-26-21/h2-14,26H,15-16H2,1H3,(H,27,30)(H,28,29). The molecule has 0 spiro atoms. The van der Waals surface area contributed by atoms with Crippen LogP contribution in [-0.2, 0) is 11.3 Å². The number of para-hydroxylation sites is 2. The van der Waals surface area contributed by atoms with E-state index in [-0.39, 0.29) is 18.4 Å². The summed E-state index contributed by atoms with van der Waals surface area (Å²) >= 11 is 0. The SMILES string of the molecule is COc1ccccc1OCC(=O)Nc1ccc(C(=O)NCc2cccc3[nH]ccc23)cc1. The average molecular weight is 429 g/mol. The maximum Gasteiger partial charge on any atom is 0.262 e. The van der Waals surface area contributed by atoms with E-state index in [0.717, 1.165) is 16.5 Å². The first-order valence-electron chi connectivity index (χ1n) is 10.1. The first-order chi connectivity index (χ1) is 15.6. The summed E-state index contributed by atoms with van der Waals surface area (Å²) in [5, 5.41) is 6.77. The van der Waals surface area contributed by atoms with Crippen LogP contribution in [0.25, 0.3) is 10.9 Å². The van der Waals surface area contributed by atoms with Crippen molar-refractivity contribution in [2.24, 2.45) is 0 Å². The Morgan fingerprint density at radius 1 is 0.906 bits per heavy atom. The molecule has 3 N–H and O–H groups in total. The Morgan fingerprint density at radius 2 is 1.69 bits per heavy atom. The van der Waals surface area contributed by atoms with Crippen LogP contribution in [0.2, 0.25) is 0 Å². The molecule has 0 atom stereocenters. The highest BCUT2D eigenvalue weighted by Crippen LogP contribution is 2.25. The van der Waals surface area contributed by atoms with Crippen LogP contribution in [-0.4, -0.2) is 30.5 Å². The fourth-order valence-electron chi connectivity index (χ4n) is 3.37. The molecule has 3 aromatic carbocycles. The van der Waals surface area contributed by atoms with Gasteiger partial charge in [-0.2, -0.15) is 0 Å². The van der Waals surface area contributed by atoms with Crippen molar-refractivity contribution in [3.63, 3.8) is 0 Å². The van der Waals surface area contributed by atoms with Crippen molar-refractivity contribution in [1.82, 2.24) is 10.3 Å². The molecule has 0 saturated carbocycles. The molecule has 32 heavy (non-hydrogen) atoms. The summed E-state index contributed by atoms with van der Waals surface area (Å²) in [5.41, 5.74) is 3.16. The van der Waals surface area contributed by atoms with E-state index in [2.05, 4.69) is 15.6 Å². The number of amides is 2. The number of aromatic nitrogens is 1. The molecule has 0 bridgehead atoms. The Hall–Kier alpha value is -4.26. The van der Waals surface area contributed by atoms with Crippen LogP contribution >= 0.6 is 0 Å². The molecule has 0 aliphatic heterocycles. The molecule has 1 heterocycles. The van der Waals surface area contributed by atoms with E-state index in [1.165, 1.54) is 0 Å². The van der Waals surface area contributed by atoms with E-state index in [1.54, 1.807) is 49.6 Å². The van der Waals surface area contributed by atoms with E-state index in [0.29, 0.717) is 29.3 Å². The smallest absolute Gasteiger partial charge is 0.262 e. The van der Waals surface area contributed by atoms with Crippen molar-refractivity contribution >= 4 is 28.4 Å². The zero-order valence-electron chi connectivity index (χ0n) is 17.6. The minimum absolute atomic E-state index is 0.159. The van der Waals surface area contributed by atoms with Crippen LogP contribution in [0.1, 0.15) is 15.9 Å². The molecule has 0 aliphatic rings. The molecule has 0 unspecified atom stereocenters. The molecule has 1 aromatic heterocycles. The van der Waals surface area contributed by atoms with Crippen molar-refractivity contribution in [3.05, 3.63) is 90.1 Å². The van der Waals surface area contributed by atoms with Crippen molar-refractivity contribution in [2.45, 2.75) is 6.54 Å². The number of nitrogens with one attached hydrogen (secondary N) is 3. The monoisotopic (exact) mass is 429 g/mol. The zero-order valence-corrected chi connectivity index (χ0v) is 17.6. The third-order valence-electron chi connectivity index (χ3n) is 4.98. The zero-order chi connectivity index (χ0) is 22.3. The summed E-state index contributed by atoms with van der Waals surface area (Å²) in [7, 11) is 1.54. The second-order valence-electron chi connectivity index (χ2n) is 7.10. The normalized spacial score (nSPS) is 10.5. The summed E-state index contributed by atoms with van der Waals surface area (Å²) < 4.78 is 10.7. The van der Waals surface area contributed by atoms with Gasteiger partial charge in [-0.05, 0) is 54.1 Å². The van der Waals surface area contributed by atoms with Gasteiger partial charge in [0.1, 0.15) is 0 Å². The summed E-state index contributed by atoms with van der Waals surface area (Å²) in [5.74, 6) is 0.554. The van der Waals surface area contributed by atoms with Gasteiger partial charge in [-0.25, -0.2) is 0 Å². The molecule has 4 aromatic rings. The lowest BCUT2D eigenvalue weighted by atomic mass is 10.1. The van der Waals surface area contributed by atoms with E-state index in [1.807, 2.05) is 36.5 Å². The molecular weight excluding hydrogens is 406 g/mol. The second kappa shape index (κ2) is 9.70. The topological polar surface area (TPSA) is 92.4 Å². The van der Waals surface area contributed by atoms with Crippen molar-refractivity contribution in [3.8, 4) is 11.5 Å². The molecule has 7 heteroatoms. The van der Waals surface area contributed by atoms with Gasteiger partial charge in [0, 0.05) is 34.9 Å². The number of anilines is 1. The molecule has 0 radical (unpaired) electrons. The van der Waals surface area contributed by atoms with Gasteiger partial charge in [-0.1, -0.05) is 24.3 Å². The Morgan fingerprint density at radius 3 is 2.47 bits per heavy atom. The first-order valence-corrected chi connectivity index (χ1v) is 10.1. The van der Waals surface area contributed by atoms with Crippen molar-refractivity contribution < 1.29 is 19.1 Å². The van der Waals surface area contributed by atoms with Gasteiger partial charge in [0.05, 0.1) is 7.11 Å². The number of carbonyl (C=O) groups excluding carboxylic acids is 2. The molecular formula is C25H23N3O4. The van der Waals surface area contributed by atoms with E-state index in [9.17, 15) is 9.59 Å². The number of aromatic amines is 1. The second-order valence-corrected chi connectivity index (χ2v) is 7.10. The Labute approximate surface area is 185 Å². The maximum atomic E-state index is 12.5. The number of carbonyl (C=O) groups is 2. The predicted molar refractivity (Wildman–Crippen MR) is 123 cm³/mol. The lowest BCUT2D eigenvalue weighted by molar-refractivity contribution is -0.118.